The Morgan fingerprint density at radius 2 is 1.89 bits per heavy atom. The molecule has 1 heterocycles. The van der Waals surface area contributed by atoms with Crippen molar-refractivity contribution in [3.05, 3.63) is 29.8 Å². The lowest BCUT2D eigenvalue weighted by molar-refractivity contribution is -0.127. The van der Waals surface area contributed by atoms with Gasteiger partial charge in [0.15, 0.2) is 0 Å². The predicted octanol–water partition coefficient (Wildman–Crippen LogP) is 1.37. The summed E-state index contributed by atoms with van der Waals surface area (Å²) in [5.74, 6) is 0.184. The number of nitrogens with two attached hydrogens (primary N) is 1. The smallest absolute Gasteiger partial charge is 0.241 e. The third kappa shape index (κ3) is 2.82. The molecule has 1 aliphatic rings. The summed E-state index contributed by atoms with van der Waals surface area (Å²) in [7, 11) is 1.87. The average molecular weight is 247 g/mol. The minimum atomic E-state index is 0.0518. The minimum absolute atomic E-state index is 0.0518. The highest BCUT2D eigenvalue weighted by Crippen LogP contribution is 2.19. The molecule has 2 N–H and O–H groups in total. The van der Waals surface area contributed by atoms with E-state index in [1.807, 2.05) is 26.1 Å². The maximum absolute atomic E-state index is 11.8. The van der Waals surface area contributed by atoms with Crippen molar-refractivity contribution < 1.29 is 4.79 Å². The summed E-state index contributed by atoms with van der Waals surface area (Å²) in [5.41, 5.74) is 8.06. The van der Waals surface area contributed by atoms with Crippen LogP contribution in [0.15, 0.2) is 24.3 Å². The summed E-state index contributed by atoms with van der Waals surface area (Å²) in [5, 5.41) is 0. The van der Waals surface area contributed by atoms with Crippen molar-refractivity contribution in [1.29, 1.82) is 0 Å². The van der Waals surface area contributed by atoms with E-state index < -0.39 is 0 Å². The molecule has 0 aliphatic carbocycles. The van der Waals surface area contributed by atoms with E-state index in [0.29, 0.717) is 6.54 Å². The van der Waals surface area contributed by atoms with Crippen molar-refractivity contribution in [3.8, 4) is 0 Å². The second-order valence-electron chi connectivity index (χ2n) is 4.97. The highest BCUT2D eigenvalue weighted by Gasteiger charge is 2.18. The lowest BCUT2D eigenvalue weighted by Crippen LogP contribution is -2.34. The van der Waals surface area contributed by atoms with Gasteiger partial charge >= 0.3 is 0 Å². The molecule has 1 aromatic carbocycles. The molecule has 1 amide bonds. The quantitative estimate of drug-likeness (QED) is 0.859. The Hall–Kier alpha value is -1.55. The van der Waals surface area contributed by atoms with Crippen LogP contribution in [0.1, 0.15) is 24.9 Å². The summed E-state index contributed by atoms with van der Waals surface area (Å²) in [6, 6.07) is 8.24. The number of hydrogen-bond acceptors (Lipinski definition) is 3. The van der Waals surface area contributed by atoms with Crippen LogP contribution in [-0.2, 0) is 4.79 Å². The van der Waals surface area contributed by atoms with Gasteiger partial charge in [-0.05, 0) is 31.0 Å². The lowest BCUT2D eigenvalue weighted by atomic mass is 10.1. The normalized spacial score (nSPS) is 18.7. The van der Waals surface area contributed by atoms with Crippen LogP contribution in [0.5, 0.6) is 0 Å². The Bertz CT molecular complexity index is 414. The zero-order chi connectivity index (χ0) is 13.1. The van der Waals surface area contributed by atoms with Gasteiger partial charge in [-0.3, -0.25) is 4.79 Å². The van der Waals surface area contributed by atoms with Gasteiger partial charge in [0.1, 0.15) is 0 Å². The van der Waals surface area contributed by atoms with Gasteiger partial charge in [0.25, 0.3) is 0 Å². The van der Waals surface area contributed by atoms with Crippen LogP contribution in [0.3, 0.4) is 0 Å². The maximum Gasteiger partial charge on any atom is 0.241 e. The van der Waals surface area contributed by atoms with Crippen molar-refractivity contribution in [2.75, 3.05) is 31.6 Å². The Morgan fingerprint density at radius 3 is 2.50 bits per heavy atom. The number of carbonyl (C=O) groups excluding carboxylic acids is 1. The molecule has 1 aliphatic heterocycles. The fourth-order valence-electron chi connectivity index (χ4n) is 2.20. The Labute approximate surface area is 108 Å². The number of amides is 1. The van der Waals surface area contributed by atoms with E-state index in [4.69, 9.17) is 5.73 Å². The van der Waals surface area contributed by atoms with E-state index in [1.54, 1.807) is 4.90 Å². The molecule has 1 aromatic rings. The summed E-state index contributed by atoms with van der Waals surface area (Å²) in [4.78, 5) is 15.8. The molecule has 1 atom stereocenters. The van der Waals surface area contributed by atoms with Gasteiger partial charge in [0.2, 0.25) is 5.91 Å². The first kappa shape index (κ1) is 12.9. The molecule has 1 saturated heterocycles. The minimum Gasteiger partial charge on any atom is -0.362 e. The SMILES string of the molecule is CC(N)c1ccc(N2CCCN(C)C(=O)C2)cc1. The molecule has 1 unspecified atom stereocenters. The van der Waals surface area contributed by atoms with Gasteiger partial charge in [-0.1, -0.05) is 12.1 Å². The molecule has 0 spiro atoms. The largest absolute Gasteiger partial charge is 0.362 e. The first-order valence-electron chi connectivity index (χ1n) is 6.42. The highest BCUT2D eigenvalue weighted by molar-refractivity contribution is 5.81. The van der Waals surface area contributed by atoms with Gasteiger partial charge < -0.3 is 15.5 Å². The third-order valence-corrected chi connectivity index (χ3v) is 3.46. The molecular weight excluding hydrogens is 226 g/mol. The van der Waals surface area contributed by atoms with Gasteiger partial charge in [-0.15, -0.1) is 0 Å². The molecule has 18 heavy (non-hydrogen) atoms. The maximum atomic E-state index is 11.8. The predicted molar refractivity (Wildman–Crippen MR) is 73.5 cm³/mol. The molecule has 0 radical (unpaired) electrons. The fraction of sp³-hybridized carbons (Fsp3) is 0.500. The van der Waals surface area contributed by atoms with Crippen LogP contribution in [0, 0.1) is 0 Å². The van der Waals surface area contributed by atoms with Crippen LogP contribution in [0.4, 0.5) is 5.69 Å². The molecule has 1 fully saturated rings. The molecule has 0 bridgehead atoms. The van der Waals surface area contributed by atoms with E-state index >= 15 is 0 Å². The molecule has 0 saturated carbocycles. The van der Waals surface area contributed by atoms with Gasteiger partial charge in [-0.2, -0.15) is 0 Å². The second-order valence-corrected chi connectivity index (χ2v) is 4.97. The molecule has 4 nitrogen and oxygen atoms in total. The van der Waals surface area contributed by atoms with E-state index in [2.05, 4.69) is 17.0 Å². The number of hydrogen-bond donors (Lipinski definition) is 1. The van der Waals surface area contributed by atoms with E-state index in [-0.39, 0.29) is 11.9 Å². The Morgan fingerprint density at radius 1 is 1.22 bits per heavy atom. The van der Waals surface area contributed by atoms with Crippen LogP contribution in [-0.4, -0.2) is 37.5 Å². The monoisotopic (exact) mass is 247 g/mol. The third-order valence-electron chi connectivity index (χ3n) is 3.46. The number of anilines is 1. The van der Waals surface area contributed by atoms with Crippen LogP contribution >= 0.6 is 0 Å². The molecule has 98 valence electrons. The van der Waals surface area contributed by atoms with Crippen LogP contribution in [0.25, 0.3) is 0 Å². The van der Waals surface area contributed by atoms with Gasteiger partial charge in [-0.25, -0.2) is 0 Å². The van der Waals surface area contributed by atoms with Crippen molar-refractivity contribution in [3.63, 3.8) is 0 Å². The fourth-order valence-corrected chi connectivity index (χ4v) is 2.20. The number of likely N-dealkylation sites (N-methyl/N-ethyl adjacent to an activating group) is 1. The van der Waals surface area contributed by atoms with Gasteiger partial charge in [0.05, 0.1) is 6.54 Å². The highest BCUT2D eigenvalue weighted by atomic mass is 16.2. The summed E-state index contributed by atoms with van der Waals surface area (Å²) in [6.07, 6.45) is 1.01. The van der Waals surface area contributed by atoms with Crippen molar-refractivity contribution in [2.45, 2.75) is 19.4 Å². The summed E-state index contributed by atoms with van der Waals surface area (Å²) in [6.45, 7) is 4.20. The standard InChI is InChI=1S/C14H21N3O/c1-11(15)12-4-6-13(7-5-12)17-9-3-8-16(2)14(18)10-17/h4-7,11H,3,8-10,15H2,1-2H3. The van der Waals surface area contributed by atoms with Gasteiger partial charge in [0, 0.05) is 31.9 Å². The zero-order valence-corrected chi connectivity index (χ0v) is 11.1. The molecule has 0 aromatic heterocycles. The number of carbonyl (C=O) groups is 1. The Balaban J connectivity index is 2.13. The van der Waals surface area contributed by atoms with Crippen molar-refractivity contribution >= 4 is 11.6 Å². The first-order valence-corrected chi connectivity index (χ1v) is 6.42. The van der Waals surface area contributed by atoms with E-state index in [9.17, 15) is 4.79 Å². The lowest BCUT2D eigenvalue weighted by Gasteiger charge is -2.22. The number of rotatable bonds is 2. The zero-order valence-electron chi connectivity index (χ0n) is 11.1. The van der Waals surface area contributed by atoms with Crippen molar-refractivity contribution in [2.24, 2.45) is 5.73 Å². The van der Waals surface area contributed by atoms with Crippen LogP contribution in [0.2, 0.25) is 0 Å². The van der Waals surface area contributed by atoms with Crippen LogP contribution < -0.4 is 10.6 Å². The second kappa shape index (κ2) is 5.40. The molecular formula is C14H21N3O. The number of benzene rings is 1. The summed E-state index contributed by atoms with van der Waals surface area (Å²) < 4.78 is 0. The summed E-state index contributed by atoms with van der Waals surface area (Å²) >= 11 is 0. The van der Waals surface area contributed by atoms with E-state index in [0.717, 1.165) is 30.8 Å². The van der Waals surface area contributed by atoms with E-state index in [1.165, 1.54) is 0 Å². The number of nitrogens with zero attached hydrogens (tertiary/aromatic N) is 2. The van der Waals surface area contributed by atoms with Crippen molar-refractivity contribution in [1.82, 2.24) is 4.90 Å². The first-order chi connectivity index (χ1) is 8.58. The topological polar surface area (TPSA) is 49.6 Å². The average Bonchev–Trinajstić information content (AvgIpc) is 2.52. The molecule has 2 rings (SSSR count). The Kier molecular flexibility index (Phi) is 3.87. The molecule has 4 heteroatoms.